The third kappa shape index (κ3) is 4.06. The number of ether oxygens (including phenoxy) is 1. The number of aryl methyl sites for hydroxylation is 1. The summed E-state index contributed by atoms with van der Waals surface area (Å²) in [7, 11) is 3.23. The zero-order valence-electron chi connectivity index (χ0n) is 12.5. The first kappa shape index (κ1) is 15.5. The fourth-order valence-electron chi connectivity index (χ4n) is 2.41. The highest BCUT2D eigenvalue weighted by Crippen LogP contribution is 2.15. The second-order valence-corrected chi connectivity index (χ2v) is 5.20. The predicted molar refractivity (Wildman–Crippen MR) is 82.1 cm³/mol. The maximum Gasteiger partial charge on any atom is 0.224 e. The topological polar surface area (TPSA) is 54.7 Å². The Bertz CT molecular complexity index is 594. The van der Waals surface area contributed by atoms with Gasteiger partial charge in [0.2, 0.25) is 5.91 Å². The van der Waals surface area contributed by atoms with Gasteiger partial charge in [0.25, 0.3) is 0 Å². The van der Waals surface area contributed by atoms with Crippen LogP contribution in [-0.2, 0) is 16.1 Å². The molecule has 21 heavy (non-hydrogen) atoms. The molecule has 2 aromatic rings. The van der Waals surface area contributed by atoms with Crippen molar-refractivity contribution in [3.05, 3.63) is 36.5 Å². The van der Waals surface area contributed by atoms with Crippen LogP contribution in [0.3, 0.4) is 0 Å². The Morgan fingerprint density at radius 1 is 1.38 bits per heavy atom. The summed E-state index contributed by atoms with van der Waals surface area (Å²) < 4.78 is 6.94. The van der Waals surface area contributed by atoms with E-state index in [0.717, 1.165) is 5.52 Å². The fraction of sp³-hybridized carbons (Fsp3) is 0.438. The van der Waals surface area contributed by atoms with Crippen molar-refractivity contribution < 1.29 is 14.6 Å². The number of carbonyl (C=O) groups excluding carboxylic acids is 1. The van der Waals surface area contributed by atoms with Crippen LogP contribution in [0, 0.1) is 0 Å². The minimum absolute atomic E-state index is 0.0166. The number of fused-ring (bicyclic) bond motifs is 1. The van der Waals surface area contributed by atoms with Crippen LogP contribution < -0.4 is 0 Å². The molecule has 0 saturated heterocycles. The third-order valence-corrected chi connectivity index (χ3v) is 3.52. The first-order chi connectivity index (χ1) is 10.1. The van der Waals surface area contributed by atoms with Crippen molar-refractivity contribution in [3.8, 4) is 0 Å². The van der Waals surface area contributed by atoms with Crippen LogP contribution in [-0.4, -0.2) is 53.9 Å². The van der Waals surface area contributed by atoms with Crippen molar-refractivity contribution in [3.63, 3.8) is 0 Å². The monoisotopic (exact) mass is 290 g/mol. The summed E-state index contributed by atoms with van der Waals surface area (Å²) in [6.07, 6.45) is 1.77. The molecule has 1 atom stereocenters. The van der Waals surface area contributed by atoms with Gasteiger partial charge in [-0.25, -0.2) is 0 Å². The van der Waals surface area contributed by atoms with Gasteiger partial charge < -0.3 is 19.3 Å². The summed E-state index contributed by atoms with van der Waals surface area (Å²) in [5, 5.41) is 10.8. The van der Waals surface area contributed by atoms with E-state index in [4.69, 9.17) is 4.74 Å². The van der Waals surface area contributed by atoms with Gasteiger partial charge in [-0.3, -0.25) is 4.79 Å². The second kappa shape index (κ2) is 7.24. The van der Waals surface area contributed by atoms with Crippen LogP contribution in [0.25, 0.3) is 10.9 Å². The number of hydrogen-bond donors (Lipinski definition) is 1. The van der Waals surface area contributed by atoms with E-state index in [0.29, 0.717) is 19.5 Å². The number of nitrogens with zero attached hydrogens (tertiary/aromatic N) is 2. The Balaban J connectivity index is 1.89. The minimum atomic E-state index is -0.642. The van der Waals surface area contributed by atoms with Crippen molar-refractivity contribution in [2.75, 3.05) is 27.3 Å². The molecule has 1 aromatic heterocycles. The van der Waals surface area contributed by atoms with E-state index in [9.17, 15) is 9.90 Å². The number of likely N-dealkylation sites (N-methyl/N-ethyl adjacent to an activating group) is 1. The SMILES string of the molecule is COCC(O)CN(C)C(=O)CCn1ccc2ccccc21. The molecular formula is C16H22N2O3. The van der Waals surface area contributed by atoms with Crippen molar-refractivity contribution in [1.82, 2.24) is 9.47 Å². The molecule has 5 nitrogen and oxygen atoms in total. The number of aliphatic hydroxyl groups excluding tert-OH is 1. The van der Waals surface area contributed by atoms with Crippen molar-refractivity contribution in [2.24, 2.45) is 0 Å². The molecule has 0 spiro atoms. The van der Waals surface area contributed by atoms with Gasteiger partial charge in [0.15, 0.2) is 0 Å². The molecular weight excluding hydrogens is 268 g/mol. The number of aliphatic hydroxyl groups is 1. The maximum absolute atomic E-state index is 12.1. The normalized spacial score (nSPS) is 12.5. The van der Waals surface area contributed by atoms with E-state index in [1.807, 2.05) is 30.5 Å². The molecule has 1 heterocycles. The number of aromatic nitrogens is 1. The van der Waals surface area contributed by atoms with Crippen LogP contribution in [0.2, 0.25) is 0 Å². The molecule has 1 aromatic carbocycles. The van der Waals surface area contributed by atoms with Crippen LogP contribution in [0.15, 0.2) is 36.5 Å². The first-order valence-electron chi connectivity index (χ1n) is 7.06. The molecule has 0 aliphatic carbocycles. The lowest BCUT2D eigenvalue weighted by atomic mass is 10.2. The molecule has 0 radical (unpaired) electrons. The lowest BCUT2D eigenvalue weighted by Gasteiger charge is -2.20. The lowest BCUT2D eigenvalue weighted by Crippen LogP contribution is -2.36. The van der Waals surface area contributed by atoms with E-state index in [2.05, 4.69) is 10.6 Å². The minimum Gasteiger partial charge on any atom is -0.389 e. The summed E-state index contributed by atoms with van der Waals surface area (Å²) in [4.78, 5) is 13.6. The Kier molecular flexibility index (Phi) is 5.36. The number of rotatable bonds is 7. The van der Waals surface area contributed by atoms with E-state index in [1.165, 1.54) is 12.5 Å². The Morgan fingerprint density at radius 2 is 2.14 bits per heavy atom. The quantitative estimate of drug-likeness (QED) is 0.840. The zero-order chi connectivity index (χ0) is 15.2. The summed E-state index contributed by atoms with van der Waals surface area (Å²) >= 11 is 0. The molecule has 1 N–H and O–H groups in total. The van der Waals surface area contributed by atoms with Crippen molar-refractivity contribution in [2.45, 2.75) is 19.1 Å². The summed E-state index contributed by atoms with van der Waals surface area (Å²) in [5.41, 5.74) is 1.13. The molecule has 0 bridgehead atoms. The van der Waals surface area contributed by atoms with Crippen LogP contribution >= 0.6 is 0 Å². The van der Waals surface area contributed by atoms with E-state index >= 15 is 0 Å². The molecule has 0 aliphatic rings. The maximum atomic E-state index is 12.1. The molecule has 0 fully saturated rings. The number of benzene rings is 1. The first-order valence-corrected chi connectivity index (χ1v) is 7.06. The number of methoxy groups -OCH3 is 1. The van der Waals surface area contributed by atoms with Gasteiger partial charge in [-0.15, -0.1) is 0 Å². The highest BCUT2D eigenvalue weighted by molar-refractivity contribution is 5.80. The fourth-order valence-corrected chi connectivity index (χ4v) is 2.41. The van der Waals surface area contributed by atoms with E-state index in [1.54, 1.807) is 11.9 Å². The summed E-state index contributed by atoms with van der Waals surface area (Å²) in [6, 6.07) is 10.1. The van der Waals surface area contributed by atoms with Gasteiger partial charge in [0.1, 0.15) is 0 Å². The molecule has 0 aliphatic heterocycles. The Labute approximate surface area is 124 Å². The standard InChI is InChI=1S/C16H22N2O3/c1-17(11-14(19)12-21-2)16(20)8-10-18-9-7-13-5-3-4-6-15(13)18/h3-7,9,14,19H,8,10-12H2,1-2H3. The molecule has 2 rings (SSSR count). The van der Waals surface area contributed by atoms with Crippen LogP contribution in [0.5, 0.6) is 0 Å². The highest BCUT2D eigenvalue weighted by Gasteiger charge is 2.13. The average Bonchev–Trinajstić information content (AvgIpc) is 2.88. The molecule has 5 heteroatoms. The van der Waals surface area contributed by atoms with Crippen LogP contribution in [0.4, 0.5) is 0 Å². The van der Waals surface area contributed by atoms with E-state index in [-0.39, 0.29) is 12.5 Å². The Hall–Kier alpha value is -1.85. The van der Waals surface area contributed by atoms with Gasteiger partial charge in [-0.05, 0) is 17.5 Å². The van der Waals surface area contributed by atoms with Crippen LogP contribution in [0.1, 0.15) is 6.42 Å². The zero-order valence-corrected chi connectivity index (χ0v) is 12.5. The van der Waals surface area contributed by atoms with Gasteiger partial charge in [0.05, 0.1) is 12.7 Å². The van der Waals surface area contributed by atoms with Gasteiger partial charge in [-0.1, -0.05) is 18.2 Å². The largest absolute Gasteiger partial charge is 0.389 e. The number of hydrogen-bond acceptors (Lipinski definition) is 3. The smallest absolute Gasteiger partial charge is 0.224 e. The van der Waals surface area contributed by atoms with Gasteiger partial charge in [-0.2, -0.15) is 0 Å². The molecule has 1 amide bonds. The summed E-state index contributed by atoms with van der Waals surface area (Å²) in [6.45, 7) is 1.16. The molecule has 0 saturated carbocycles. The van der Waals surface area contributed by atoms with Crippen molar-refractivity contribution in [1.29, 1.82) is 0 Å². The Morgan fingerprint density at radius 3 is 2.90 bits per heavy atom. The third-order valence-electron chi connectivity index (χ3n) is 3.52. The number of carbonyl (C=O) groups is 1. The second-order valence-electron chi connectivity index (χ2n) is 5.20. The number of para-hydroxylation sites is 1. The number of amides is 1. The molecule has 1 unspecified atom stereocenters. The lowest BCUT2D eigenvalue weighted by molar-refractivity contribution is -0.131. The van der Waals surface area contributed by atoms with Crippen molar-refractivity contribution >= 4 is 16.8 Å². The summed E-state index contributed by atoms with van der Waals surface area (Å²) in [5.74, 6) is 0.0166. The van der Waals surface area contributed by atoms with Gasteiger partial charge in [0, 0.05) is 45.4 Å². The average molecular weight is 290 g/mol. The highest BCUT2D eigenvalue weighted by atomic mass is 16.5. The molecule has 114 valence electrons. The van der Waals surface area contributed by atoms with E-state index < -0.39 is 6.10 Å². The predicted octanol–water partition coefficient (Wildman–Crippen LogP) is 1.50. The van der Waals surface area contributed by atoms with Gasteiger partial charge >= 0.3 is 0 Å².